The fourth-order valence-electron chi connectivity index (χ4n) is 2.58. The summed E-state index contributed by atoms with van der Waals surface area (Å²) >= 11 is 0. The summed E-state index contributed by atoms with van der Waals surface area (Å²) < 4.78 is 18.7. The molecule has 1 atom stereocenters. The summed E-state index contributed by atoms with van der Waals surface area (Å²) in [5.41, 5.74) is 0.372. The van der Waals surface area contributed by atoms with Crippen LogP contribution in [-0.2, 0) is 6.54 Å². The Morgan fingerprint density at radius 1 is 1.36 bits per heavy atom. The van der Waals surface area contributed by atoms with Gasteiger partial charge in [-0.25, -0.2) is 4.39 Å². The van der Waals surface area contributed by atoms with Gasteiger partial charge in [0.05, 0.1) is 0 Å². The molecule has 0 amide bonds. The van der Waals surface area contributed by atoms with Crippen LogP contribution in [0, 0.1) is 5.82 Å². The molecule has 6 heteroatoms. The van der Waals surface area contributed by atoms with Gasteiger partial charge in [-0.3, -0.25) is 9.69 Å². The lowest BCUT2D eigenvalue weighted by Crippen LogP contribution is -2.25. The molecule has 1 aromatic heterocycles. The number of halogens is 1. The Labute approximate surface area is 127 Å². The lowest BCUT2D eigenvalue weighted by molar-refractivity contribution is 0.197. The Kier molecular flexibility index (Phi) is 4.11. The average molecular weight is 304 g/mol. The first kappa shape index (κ1) is 14.6. The predicted octanol–water partition coefficient (Wildman–Crippen LogP) is 1.87. The molecule has 0 bridgehead atoms. The van der Waals surface area contributed by atoms with E-state index in [-0.39, 0.29) is 23.1 Å². The molecule has 0 aliphatic carbocycles. The molecule has 1 fully saturated rings. The lowest BCUT2D eigenvalue weighted by atomic mass is 10.3. The van der Waals surface area contributed by atoms with Crippen LogP contribution in [0.5, 0.6) is 11.5 Å². The van der Waals surface area contributed by atoms with Gasteiger partial charge in [0.1, 0.15) is 17.7 Å². The van der Waals surface area contributed by atoms with E-state index < -0.39 is 0 Å². The molecule has 1 aromatic carbocycles. The Balaban J connectivity index is 1.56. The summed E-state index contributed by atoms with van der Waals surface area (Å²) in [7, 11) is 0. The van der Waals surface area contributed by atoms with E-state index in [2.05, 4.69) is 9.88 Å². The highest BCUT2D eigenvalue weighted by Gasteiger charge is 2.24. The summed E-state index contributed by atoms with van der Waals surface area (Å²) in [6.45, 7) is 2.19. The van der Waals surface area contributed by atoms with Crippen LogP contribution in [0.3, 0.4) is 0 Å². The highest BCUT2D eigenvalue weighted by Crippen LogP contribution is 2.19. The minimum Gasteiger partial charge on any atom is -0.503 e. The van der Waals surface area contributed by atoms with E-state index >= 15 is 0 Å². The maximum absolute atomic E-state index is 12.9. The van der Waals surface area contributed by atoms with Crippen LogP contribution in [0.4, 0.5) is 4.39 Å². The van der Waals surface area contributed by atoms with E-state index in [1.807, 2.05) is 0 Å². The van der Waals surface area contributed by atoms with Crippen LogP contribution in [0.1, 0.15) is 12.1 Å². The van der Waals surface area contributed by atoms with Crippen LogP contribution < -0.4 is 10.2 Å². The minimum absolute atomic E-state index is 0.0503. The Hall–Kier alpha value is -2.34. The van der Waals surface area contributed by atoms with Crippen LogP contribution >= 0.6 is 0 Å². The van der Waals surface area contributed by atoms with Crippen molar-refractivity contribution in [2.75, 3.05) is 13.1 Å². The number of nitrogens with one attached hydrogen (secondary N) is 1. The molecule has 2 aromatic rings. The van der Waals surface area contributed by atoms with Crippen molar-refractivity contribution in [3.8, 4) is 11.5 Å². The standard InChI is InChI=1S/C16H17FN2O3/c17-11-1-3-13(4-2-11)22-14-5-6-19(10-14)9-12-7-15(20)16(21)8-18-12/h1-4,7-8,14,21H,5-6,9-10H2,(H,18,20). The quantitative estimate of drug-likeness (QED) is 0.905. The molecule has 1 aliphatic heterocycles. The van der Waals surface area contributed by atoms with E-state index in [9.17, 15) is 14.3 Å². The Bertz CT molecular complexity index is 699. The number of hydrogen-bond donors (Lipinski definition) is 2. The van der Waals surface area contributed by atoms with Crippen molar-refractivity contribution in [1.82, 2.24) is 9.88 Å². The summed E-state index contributed by atoms with van der Waals surface area (Å²) in [5, 5.41) is 9.23. The average Bonchev–Trinajstić information content (AvgIpc) is 2.93. The number of aromatic nitrogens is 1. The van der Waals surface area contributed by atoms with E-state index in [0.29, 0.717) is 12.3 Å². The fourth-order valence-corrected chi connectivity index (χ4v) is 2.58. The molecule has 2 heterocycles. The van der Waals surface area contributed by atoms with E-state index in [1.165, 1.54) is 24.4 Å². The summed E-state index contributed by atoms with van der Waals surface area (Å²) in [6.07, 6.45) is 2.23. The van der Waals surface area contributed by atoms with Gasteiger partial charge in [-0.1, -0.05) is 0 Å². The Morgan fingerprint density at radius 3 is 2.86 bits per heavy atom. The molecule has 1 saturated heterocycles. The molecule has 2 N–H and O–H groups in total. The second-order valence-electron chi connectivity index (χ2n) is 5.43. The van der Waals surface area contributed by atoms with Gasteiger partial charge < -0.3 is 14.8 Å². The molecule has 0 saturated carbocycles. The van der Waals surface area contributed by atoms with Gasteiger partial charge in [0.2, 0.25) is 5.43 Å². The molecule has 0 radical (unpaired) electrons. The first-order valence-electron chi connectivity index (χ1n) is 7.15. The molecule has 0 spiro atoms. The summed E-state index contributed by atoms with van der Waals surface area (Å²) in [4.78, 5) is 16.5. The summed E-state index contributed by atoms with van der Waals surface area (Å²) in [5.74, 6) is 0.102. The number of rotatable bonds is 4. The van der Waals surface area contributed by atoms with Gasteiger partial charge in [0, 0.05) is 37.6 Å². The predicted molar refractivity (Wildman–Crippen MR) is 79.4 cm³/mol. The SMILES string of the molecule is O=c1cc(CN2CCC(Oc3ccc(F)cc3)C2)[nH]cc1O. The molecule has 116 valence electrons. The number of H-pyrrole nitrogens is 1. The van der Waals surface area contributed by atoms with Crippen LogP contribution in [0.15, 0.2) is 41.3 Å². The van der Waals surface area contributed by atoms with Crippen LogP contribution in [0.2, 0.25) is 0 Å². The summed E-state index contributed by atoms with van der Waals surface area (Å²) in [6, 6.07) is 7.40. The molecule has 22 heavy (non-hydrogen) atoms. The number of aromatic amines is 1. The third kappa shape index (κ3) is 3.46. The Morgan fingerprint density at radius 2 is 2.14 bits per heavy atom. The maximum Gasteiger partial charge on any atom is 0.223 e. The number of ether oxygens (including phenoxy) is 1. The van der Waals surface area contributed by atoms with E-state index in [1.54, 1.807) is 12.1 Å². The number of benzene rings is 1. The van der Waals surface area contributed by atoms with Gasteiger partial charge in [0.25, 0.3) is 0 Å². The third-order valence-electron chi connectivity index (χ3n) is 3.69. The highest BCUT2D eigenvalue weighted by atomic mass is 19.1. The topological polar surface area (TPSA) is 65.6 Å². The van der Waals surface area contributed by atoms with Gasteiger partial charge >= 0.3 is 0 Å². The molecule has 1 aliphatic rings. The van der Waals surface area contributed by atoms with Gasteiger partial charge in [-0.2, -0.15) is 0 Å². The zero-order valence-electron chi connectivity index (χ0n) is 12.0. The monoisotopic (exact) mass is 304 g/mol. The van der Waals surface area contributed by atoms with Crippen molar-refractivity contribution in [2.45, 2.75) is 19.1 Å². The minimum atomic E-state index is -0.382. The van der Waals surface area contributed by atoms with Crippen molar-refractivity contribution in [3.05, 3.63) is 58.3 Å². The number of hydrogen-bond acceptors (Lipinski definition) is 4. The van der Waals surface area contributed by atoms with E-state index in [4.69, 9.17) is 4.74 Å². The maximum atomic E-state index is 12.9. The van der Waals surface area contributed by atoms with Crippen molar-refractivity contribution >= 4 is 0 Å². The number of aromatic hydroxyl groups is 1. The molecule has 3 rings (SSSR count). The molecular weight excluding hydrogens is 287 g/mol. The van der Waals surface area contributed by atoms with Crippen molar-refractivity contribution in [3.63, 3.8) is 0 Å². The second-order valence-corrected chi connectivity index (χ2v) is 5.43. The van der Waals surface area contributed by atoms with Crippen LogP contribution in [-0.4, -0.2) is 34.2 Å². The zero-order chi connectivity index (χ0) is 15.5. The molecular formula is C16H17FN2O3. The smallest absolute Gasteiger partial charge is 0.223 e. The van der Waals surface area contributed by atoms with E-state index in [0.717, 1.165) is 25.2 Å². The fraction of sp³-hybridized carbons (Fsp3) is 0.312. The third-order valence-corrected chi connectivity index (χ3v) is 3.69. The van der Waals surface area contributed by atoms with Gasteiger partial charge in [-0.15, -0.1) is 0 Å². The largest absolute Gasteiger partial charge is 0.503 e. The normalized spacial score (nSPS) is 18.5. The molecule has 1 unspecified atom stereocenters. The van der Waals surface area contributed by atoms with Gasteiger partial charge in [0.15, 0.2) is 5.75 Å². The first-order chi connectivity index (χ1) is 10.6. The number of pyridine rings is 1. The van der Waals surface area contributed by atoms with Crippen molar-refractivity contribution < 1.29 is 14.2 Å². The molecule has 5 nitrogen and oxygen atoms in total. The van der Waals surface area contributed by atoms with Crippen LogP contribution in [0.25, 0.3) is 0 Å². The zero-order valence-corrected chi connectivity index (χ0v) is 12.0. The second kappa shape index (κ2) is 6.19. The number of likely N-dealkylation sites (tertiary alicyclic amines) is 1. The van der Waals surface area contributed by atoms with Crippen molar-refractivity contribution in [1.29, 1.82) is 0 Å². The highest BCUT2D eigenvalue weighted by molar-refractivity contribution is 5.22. The number of nitrogens with zero attached hydrogens (tertiary/aromatic N) is 1. The van der Waals surface area contributed by atoms with Gasteiger partial charge in [-0.05, 0) is 30.7 Å². The van der Waals surface area contributed by atoms with Crippen molar-refractivity contribution in [2.24, 2.45) is 0 Å². The first-order valence-corrected chi connectivity index (χ1v) is 7.15. The lowest BCUT2D eigenvalue weighted by Gasteiger charge is -2.17.